The van der Waals surface area contributed by atoms with Crippen LogP contribution in [0.5, 0.6) is 0 Å². The molecule has 0 radical (unpaired) electrons. The first kappa shape index (κ1) is 35.3. The number of carbonyl (C=O) groups excluding carboxylic acids is 3. The van der Waals surface area contributed by atoms with Crippen LogP contribution in [-0.2, 0) is 20.8 Å². The lowest BCUT2D eigenvalue weighted by atomic mass is 9.95. The summed E-state index contributed by atoms with van der Waals surface area (Å²) < 4.78 is 0. The van der Waals surface area contributed by atoms with Gasteiger partial charge in [-0.05, 0) is 52.0 Å². The lowest BCUT2D eigenvalue weighted by molar-refractivity contribution is -0.126. The van der Waals surface area contributed by atoms with Crippen LogP contribution in [0.3, 0.4) is 0 Å². The van der Waals surface area contributed by atoms with Gasteiger partial charge in [0.2, 0.25) is 11.8 Å². The Morgan fingerprint density at radius 1 is 0.592 bits per heavy atom. The summed E-state index contributed by atoms with van der Waals surface area (Å²) in [5.74, 6) is -0.486. The Kier molecular flexibility index (Phi) is 13.8. The third-order valence-corrected chi connectivity index (χ3v) is 9.18. The molecule has 4 aromatic carbocycles. The molecule has 1 aliphatic rings. The summed E-state index contributed by atoms with van der Waals surface area (Å²) in [5, 5.41) is 11.3. The van der Waals surface area contributed by atoms with E-state index in [0.29, 0.717) is 31.5 Å². The normalized spacial score (nSPS) is 20.5. The van der Waals surface area contributed by atoms with Gasteiger partial charge in [-0.2, -0.15) is 0 Å². The number of carbonyl (C=O) groups is 3. The van der Waals surface area contributed by atoms with E-state index in [1.165, 1.54) is 19.3 Å². The van der Waals surface area contributed by atoms with Crippen LogP contribution in [0.2, 0.25) is 0 Å². The molecule has 1 aliphatic heterocycles. The summed E-state index contributed by atoms with van der Waals surface area (Å²) >= 11 is 0. The Bertz CT molecular complexity index is 1720. The minimum absolute atomic E-state index is 0.0333. The van der Waals surface area contributed by atoms with Crippen molar-refractivity contribution in [3.8, 4) is 0 Å². The van der Waals surface area contributed by atoms with Crippen LogP contribution < -0.4 is 16.0 Å². The second kappa shape index (κ2) is 19.1. The first-order chi connectivity index (χ1) is 24.1. The van der Waals surface area contributed by atoms with Gasteiger partial charge in [0.1, 0.15) is 6.04 Å². The standard InChI is InChI=1S/C43H49N3O3/c47-41-27-14-6-4-2-1-3-5-7-17-30-44-43(49)40(31-33-19-10-8-11-20-33)46-42(48)39(38-26-18-24-35-23-15-16-25-37(35)38)29-28-36(32-45-41)34-21-12-9-13-22-34/h8-13,15-16,18-26,28-29,40H,1-7,14,17,27,30-32H2,(H,44,49)(H,45,47)(H,46,48)/b36-28+,39-29-/t40-/m1/s1. The van der Waals surface area contributed by atoms with Crippen molar-refractivity contribution >= 4 is 39.6 Å². The Labute approximate surface area is 291 Å². The second-order valence-corrected chi connectivity index (χ2v) is 12.9. The minimum atomic E-state index is -0.758. The van der Waals surface area contributed by atoms with E-state index in [2.05, 4.69) is 16.0 Å². The van der Waals surface area contributed by atoms with E-state index in [9.17, 15) is 14.4 Å². The molecule has 4 aromatic rings. The van der Waals surface area contributed by atoms with E-state index in [1.807, 2.05) is 115 Å². The molecule has 3 amide bonds. The van der Waals surface area contributed by atoms with Gasteiger partial charge in [0.05, 0.1) is 0 Å². The first-order valence-electron chi connectivity index (χ1n) is 17.9. The number of hydrogen-bond donors (Lipinski definition) is 3. The van der Waals surface area contributed by atoms with Gasteiger partial charge < -0.3 is 16.0 Å². The third-order valence-electron chi connectivity index (χ3n) is 9.18. The predicted octanol–water partition coefficient (Wildman–Crippen LogP) is 8.18. The summed E-state index contributed by atoms with van der Waals surface area (Å²) in [4.78, 5) is 41.0. The third kappa shape index (κ3) is 11.0. The SMILES string of the molecule is O=C1CCCCCCCCCCCNC(=O)[C@@H](Cc2ccccc2)NC(=O)/C(c2cccc3ccccc23)=C\C=C(\c2ccccc2)CN1. The summed E-state index contributed by atoms with van der Waals surface area (Å²) in [6, 6.07) is 32.9. The molecule has 3 N–H and O–H groups in total. The number of amides is 3. The zero-order valence-corrected chi connectivity index (χ0v) is 28.5. The maximum atomic E-state index is 14.4. The van der Waals surface area contributed by atoms with Crippen LogP contribution in [0.1, 0.15) is 80.9 Å². The van der Waals surface area contributed by atoms with E-state index < -0.39 is 6.04 Å². The fourth-order valence-corrected chi connectivity index (χ4v) is 6.40. The average molecular weight is 656 g/mol. The van der Waals surface area contributed by atoms with Gasteiger partial charge in [-0.3, -0.25) is 14.4 Å². The highest BCUT2D eigenvalue weighted by Crippen LogP contribution is 2.27. The summed E-state index contributed by atoms with van der Waals surface area (Å²) in [7, 11) is 0. The highest BCUT2D eigenvalue weighted by molar-refractivity contribution is 6.23. The van der Waals surface area contributed by atoms with Gasteiger partial charge in [0.15, 0.2) is 0 Å². The van der Waals surface area contributed by atoms with Gasteiger partial charge in [-0.25, -0.2) is 0 Å². The van der Waals surface area contributed by atoms with Gasteiger partial charge in [0, 0.05) is 31.5 Å². The molecule has 0 saturated heterocycles. The molecule has 6 heteroatoms. The van der Waals surface area contributed by atoms with Crippen molar-refractivity contribution in [2.75, 3.05) is 13.1 Å². The highest BCUT2D eigenvalue weighted by Gasteiger charge is 2.24. The topological polar surface area (TPSA) is 87.3 Å². The number of allylic oxidation sites excluding steroid dienone is 2. The van der Waals surface area contributed by atoms with E-state index in [0.717, 1.165) is 71.6 Å². The van der Waals surface area contributed by atoms with Crippen LogP contribution in [-0.4, -0.2) is 36.9 Å². The molecular formula is C43H49N3O3. The summed E-state index contributed by atoms with van der Waals surface area (Å²) in [6.45, 7) is 0.916. The zero-order chi connectivity index (χ0) is 34.1. The van der Waals surface area contributed by atoms with Crippen molar-refractivity contribution in [2.45, 2.75) is 76.7 Å². The maximum Gasteiger partial charge on any atom is 0.252 e. The van der Waals surface area contributed by atoms with Crippen LogP contribution in [0.4, 0.5) is 0 Å². The van der Waals surface area contributed by atoms with Crippen molar-refractivity contribution in [2.24, 2.45) is 0 Å². The Morgan fingerprint density at radius 2 is 1.22 bits per heavy atom. The molecule has 0 spiro atoms. The van der Waals surface area contributed by atoms with Crippen molar-refractivity contribution < 1.29 is 14.4 Å². The fraction of sp³-hybridized carbons (Fsp3) is 0.326. The monoisotopic (exact) mass is 655 g/mol. The molecule has 254 valence electrons. The highest BCUT2D eigenvalue weighted by atomic mass is 16.2. The average Bonchev–Trinajstić information content (AvgIpc) is 3.13. The second-order valence-electron chi connectivity index (χ2n) is 12.9. The van der Waals surface area contributed by atoms with Crippen molar-refractivity contribution in [1.29, 1.82) is 0 Å². The first-order valence-corrected chi connectivity index (χ1v) is 17.9. The molecule has 1 heterocycles. The molecule has 0 saturated carbocycles. The number of benzene rings is 4. The molecule has 0 unspecified atom stereocenters. The molecular weight excluding hydrogens is 606 g/mol. The molecule has 0 bridgehead atoms. The van der Waals surface area contributed by atoms with Crippen LogP contribution >= 0.6 is 0 Å². The Morgan fingerprint density at radius 3 is 1.98 bits per heavy atom. The lowest BCUT2D eigenvalue weighted by Crippen LogP contribution is -2.48. The molecule has 0 aromatic heterocycles. The van der Waals surface area contributed by atoms with E-state index in [1.54, 1.807) is 0 Å². The van der Waals surface area contributed by atoms with Crippen molar-refractivity contribution in [1.82, 2.24) is 16.0 Å². The van der Waals surface area contributed by atoms with Crippen LogP contribution in [0, 0.1) is 0 Å². The fourth-order valence-electron chi connectivity index (χ4n) is 6.40. The predicted molar refractivity (Wildman–Crippen MR) is 201 cm³/mol. The number of nitrogens with one attached hydrogen (secondary N) is 3. The van der Waals surface area contributed by atoms with Crippen LogP contribution in [0.15, 0.2) is 115 Å². The number of hydrogen-bond acceptors (Lipinski definition) is 3. The Hall–Kier alpha value is -4.97. The van der Waals surface area contributed by atoms with Gasteiger partial charge in [-0.15, -0.1) is 0 Å². The minimum Gasteiger partial charge on any atom is -0.354 e. The molecule has 0 fully saturated rings. The van der Waals surface area contributed by atoms with Gasteiger partial charge in [-0.1, -0.05) is 154 Å². The van der Waals surface area contributed by atoms with Gasteiger partial charge >= 0.3 is 0 Å². The molecule has 49 heavy (non-hydrogen) atoms. The van der Waals surface area contributed by atoms with Gasteiger partial charge in [0.25, 0.3) is 5.91 Å². The number of rotatable bonds is 4. The summed E-state index contributed by atoms with van der Waals surface area (Å²) in [5.41, 5.74) is 4.03. The quantitative estimate of drug-likeness (QED) is 0.207. The largest absolute Gasteiger partial charge is 0.354 e. The zero-order valence-electron chi connectivity index (χ0n) is 28.5. The molecule has 6 nitrogen and oxygen atoms in total. The summed E-state index contributed by atoms with van der Waals surface area (Å²) in [6.07, 6.45) is 14.4. The molecule has 5 rings (SSSR count). The molecule has 1 atom stereocenters. The van der Waals surface area contributed by atoms with Crippen molar-refractivity contribution in [3.05, 3.63) is 132 Å². The maximum absolute atomic E-state index is 14.4. The molecule has 0 aliphatic carbocycles. The van der Waals surface area contributed by atoms with E-state index in [-0.39, 0.29) is 17.7 Å². The van der Waals surface area contributed by atoms with E-state index in [4.69, 9.17) is 0 Å². The smallest absolute Gasteiger partial charge is 0.252 e. The lowest BCUT2D eigenvalue weighted by Gasteiger charge is -2.20. The Balaban J connectivity index is 1.52. The number of fused-ring (bicyclic) bond motifs is 1. The van der Waals surface area contributed by atoms with E-state index >= 15 is 0 Å². The van der Waals surface area contributed by atoms with Crippen LogP contribution in [0.25, 0.3) is 21.9 Å². The van der Waals surface area contributed by atoms with Crippen molar-refractivity contribution in [3.63, 3.8) is 0 Å².